The second-order valence-corrected chi connectivity index (χ2v) is 28.1. The first kappa shape index (κ1) is 96.7. The molecule has 0 saturated carbocycles. The number of unbranched alkanes of at least 4 members (excludes halogenated alkanes) is 19. The number of esters is 4. The van der Waals surface area contributed by atoms with Crippen molar-refractivity contribution in [3.63, 3.8) is 0 Å². The molecule has 5 atom stereocenters. The highest BCUT2D eigenvalue weighted by Gasteiger charge is 2.30. The minimum Gasteiger partial charge on any atom is -0.462 e. The van der Waals surface area contributed by atoms with Gasteiger partial charge in [-0.1, -0.05) is 282 Å². The summed E-state index contributed by atoms with van der Waals surface area (Å²) in [4.78, 5) is 72.9. The third-order valence-electron chi connectivity index (χ3n) is 15.5. The molecule has 0 rings (SSSR count). The first-order valence-electron chi connectivity index (χ1n) is 38.7. The highest BCUT2D eigenvalue weighted by molar-refractivity contribution is 7.47. The van der Waals surface area contributed by atoms with Crippen LogP contribution in [0.2, 0.25) is 0 Å². The Morgan fingerprint density at radius 2 is 0.520 bits per heavy atom. The number of hydrogen-bond donors (Lipinski definition) is 3. The molecule has 19 heteroatoms. The van der Waals surface area contributed by atoms with E-state index in [0.29, 0.717) is 38.5 Å². The van der Waals surface area contributed by atoms with Crippen molar-refractivity contribution in [1.29, 1.82) is 0 Å². The Kier molecular flexibility index (Phi) is 70.1. The van der Waals surface area contributed by atoms with Gasteiger partial charge in [-0.15, -0.1) is 0 Å². The lowest BCUT2D eigenvalue weighted by molar-refractivity contribution is -0.161. The van der Waals surface area contributed by atoms with Crippen LogP contribution in [-0.2, 0) is 65.4 Å². The molecule has 0 fully saturated rings. The summed E-state index contributed by atoms with van der Waals surface area (Å²) in [5.74, 6) is -2.33. The molecule has 3 N–H and O–H groups in total. The van der Waals surface area contributed by atoms with Crippen molar-refractivity contribution in [3.05, 3.63) is 158 Å². The zero-order chi connectivity index (χ0) is 74.6. The normalized spacial score (nSPS) is 14.8. The Bertz CT molecular complexity index is 2550. The van der Waals surface area contributed by atoms with Crippen molar-refractivity contribution in [2.75, 3.05) is 39.6 Å². The number of hydrogen-bond acceptors (Lipinski definition) is 15. The van der Waals surface area contributed by atoms with Gasteiger partial charge in [-0.05, 0) is 135 Å². The van der Waals surface area contributed by atoms with Crippen LogP contribution in [-0.4, -0.2) is 96.7 Å². The largest absolute Gasteiger partial charge is 0.472 e. The van der Waals surface area contributed by atoms with Gasteiger partial charge >= 0.3 is 39.5 Å². The molecule has 0 bridgehead atoms. The van der Waals surface area contributed by atoms with Gasteiger partial charge in [0.25, 0.3) is 0 Å². The minimum atomic E-state index is -5.00. The average molecular weight is 1470 g/mol. The highest BCUT2D eigenvalue weighted by atomic mass is 31.2. The van der Waals surface area contributed by atoms with Crippen LogP contribution < -0.4 is 0 Å². The maximum Gasteiger partial charge on any atom is 0.472 e. The Hall–Kier alpha value is -5.32. The molecule has 102 heavy (non-hydrogen) atoms. The Labute approximate surface area is 617 Å². The third kappa shape index (κ3) is 73.0. The standard InChI is InChI=1S/C83H136O17P2/c1-5-9-13-17-21-25-29-32-35-38-41-44-48-51-55-59-63-67-80(85)93-73-78(99-82(87)69-65-61-57-53-47-28-24-20-16-12-8-4)75-97-101(89,90)95-71-77(84)72-96-102(91,92)98-76-79(100-83(88)70-66-62-58-54-50-46-43-40-37-34-31-27-23-19-15-11-7-3)74-94-81(86)68-64-60-56-52-49-45-42-39-36-33-30-26-22-18-14-10-6-2/h9-11,13-15,21-23,25-27,32-37,41-42,44-45,51-52,55-56,77-79,84H,5-8,12,16-20,24,28-31,38-40,43,46-50,53-54,57-76H2,1-4H3,(H,89,90)(H,91,92)/b13-9-,14-10-,15-11-,25-21-,26-22-,27-23-,35-32-,36-33-,37-34-,44-41-,45-42-,55-51-,56-52-. The molecule has 0 aromatic rings. The van der Waals surface area contributed by atoms with E-state index in [1.807, 2.05) is 24.3 Å². The molecule has 580 valence electrons. The number of rotatable bonds is 71. The van der Waals surface area contributed by atoms with E-state index in [-0.39, 0.29) is 25.7 Å². The van der Waals surface area contributed by atoms with Crippen LogP contribution in [0.1, 0.15) is 285 Å². The third-order valence-corrected chi connectivity index (χ3v) is 17.4. The number of carbonyl (C=O) groups excluding carboxylic acids is 4. The lowest BCUT2D eigenvalue weighted by atomic mass is 10.1. The molecule has 0 radical (unpaired) electrons. The van der Waals surface area contributed by atoms with Gasteiger partial charge < -0.3 is 33.8 Å². The smallest absolute Gasteiger partial charge is 0.462 e. The highest BCUT2D eigenvalue weighted by Crippen LogP contribution is 2.45. The van der Waals surface area contributed by atoms with Crippen molar-refractivity contribution < 1.29 is 80.2 Å². The van der Waals surface area contributed by atoms with E-state index < -0.39 is 97.5 Å². The van der Waals surface area contributed by atoms with Gasteiger partial charge in [-0.3, -0.25) is 37.3 Å². The average Bonchev–Trinajstić information content (AvgIpc) is 0.994. The van der Waals surface area contributed by atoms with Gasteiger partial charge in [-0.2, -0.15) is 0 Å². The first-order valence-corrected chi connectivity index (χ1v) is 41.7. The monoisotopic (exact) mass is 1470 g/mol. The maximum absolute atomic E-state index is 13.1. The molecule has 0 heterocycles. The van der Waals surface area contributed by atoms with Crippen LogP contribution >= 0.6 is 15.6 Å². The predicted molar refractivity (Wildman–Crippen MR) is 417 cm³/mol. The second kappa shape index (κ2) is 74.0. The van der Waals surface area contributed by atoms with Crippen LogP contribution in [0, 0.1) is 0 Å². The van der Waals surface area contributed by atoms with Crippen LogP contribution in [0.15, 0.2) is 158 Å². The molecular formula is C83H136O17P2. The van der Waals surface area contributed by atoms with Gasteiger partial charge in [0, 0.05) is 25.7 Å². The number of phosphoric ester groups is 2. The van der Waals surface area contributed by atoms with E-state index in [4.69, 9.17) is 37.0 Å². The number of ether oxygens (including phenoxy) is 4. The summed E-state index contributed by atoms with van der Waals surface area (Å²) in [5.41, 5.74) is 0. The number of allylic oxidation sites excluding steroid dienone is 26. The Balaban J connectivity index is 5.45. The van der Waals surface area contributed by atoms with E-state index in [1.165, 1.54) is 38.5 Å². The predicted octanol–water partition coefficient (Wildman–Crippen LogP) is 22.4. The van der Waals surface area contributed by atoms with E-state index in [2.05, 4.69) is 161 Å². The van der Waals surface area contributed by atoms with Crippen LogP contribution in [0.25, 0.3) is 0 Å². The van der Waals surface area contributed by atoms with Gasteiger partial charge in [0.15, 0.2) is 12.2 Å². The lowest BCUT2D eigenvalue weighted by Crippen LogP contribution is -2.30. The summed E-state index contributed by atoms with van der Waals surface area (Å²) >= 11 is 0. The van der Waals surface area contributed by atoms with Crippen LogP contribution in [0.5, 0.6) is 0 Å². The zero-order valence-corrected chi connectivity index (χ0v) is 65.0. The van der Waals surface area contributed by atoms with Gasteiger partial charge in [-0.25, -0.2) is 9.13 Å². The van der Waals surface area contributed by atoms with Crippen molar-refractivity contribution in [1.82, 2.24) is 0 Å². The number of aliphatic hydroxyl groups is 1. The van der Waals surface area contributed by atoms with Gasteiger partial charge in [0.05, 0.1) is 26.4 Å². The number of phosphoric acid groups is 2. The SMILES string of the molecule is CC/C=C\C/C=C\C/C=C\C/C=C\C/C=C\CCCC(=O)OCC(COP(=O)(O)OCC(O)COP(=O)(O)OCC(COC(=O)CCC/C=C\C/C=C\C/C=C\C/C=C\C/C=C\CC)OC(=O)CCCCCCCCCCCCC)OC(=O)CCCCCCCCC/C=C\C/C=C\C/C=C\CC. The molecule has 0 aliphatic rings. The summed E-state index contributed by atoms with van der Waals surface area (Å²) in [6.45, 7) is 4.37. The molecule has 0 saturated heterocycles. The molecule has 0 spiro atoms. The Morgan fingerprint density at radius 1 is 0.284 bits per heavy atom. The summed E-state index contributed by atoms with van der Waals surface area (Å²) in [6.07, 6.45) is 85.3. The van der Waals surface area contributed by atoms with Crippen molar-refractivity contribution in [2.45, 2.75) is 303 Å². The Morgan fingerprint density at radius 3 is 0.814 bits per heavy atom. The quantitative estimate of drug-likeness (QED) is 0.0169. The number of aliphatic hydroxyl groups excluding tert-OH is 1. The molecule has 0 aromatic carbocycles. The first-order chi connectivity index (χ1) is 49.7. The maximum atomic E-state index is 13.1. The van der Waals surface area contributed by atoms with E-state index in [9.17, 15) is 43.2 Å². The number of carbonyl (C=O) groups is 4. The van der Waals surface area contributed by atoms with E-state index >= 15 is 0 Å². The molecule has 0 amide bonds. The van der Waals surface area contributed by atoms with E-state index in [0.717, 1.165) is 154 Å². The molecular weight excluding hydrogens is 1330 g/mol. The summed E-state index contributed by atoms with van der Waals surface area (Å²) in [5, 5.41) is 10.6. The van der Waals surface area contributed by atoms with Gasteiger partial charge in [0.2, 0.25) is 0 Å². The molecule has 0 aliphatic carbocycles. The fourth-order valence-electron chi connectivity index (χ4n) is 9.72. The summed E-state index contributed by atoms with van der Waals surface area (Å²) in [6, 6.07) is 0. The van der Waals surface area contributed by atoms with Crippen molar-refractivity contribution in [2.24, 2.45) is 0 Å². The molecule has 17 nitrogen and oxygen atoms in total. The molecule has 5 unspecified atom stereocenters. The van der Waals surface area contributed by atoms with Crippen molar-refractivity contribution >= 4 is 39.5 Å². The van der Waals surface area contributed by atoms with Gasteiger partial charge in [0.1, 0.15) is 19.3 Å². The fourth-order valence-corrected chi connectivity index (χ4v) is 11.3. The van der Waals surface area contributed by atoms with Crippen molar-refractivity contribution in [3.8, 4) is 0 Å². The molecule has 0 aliphatic heterocycles. The molecule has 0 aromatic heterocycles. The topological polar surface area (TPSA) is 237 Å². The zero-order valence-electron chi connectivity index (χ0n) is 63.2. The second-order valence-electron chi connectivity index (χ2n) is 25.2. The van der Waals surface area contributed by atoms with Crippen LogP contribution in [0.4, 0.5) is 0 Å². The van der Waals surface area contributed by atoms with E-state index in [1.54, 1.807) is 0 Å². The minimum absolute atomic E-state index is 0.0654. The summed E-state index contributed by atoms with van der Waals surface area (Å²) in [7, 11) is -9.99. The summed E-state index contributed by atoms with van der Waals surface area (Å²) < 4.78 is 68.4. The van der Waals surface area contributed by atoms with Crippen LogP contribution in [0.3, 0.4) is 0 Å². The fraction of sp³-hybridized carbons (Fsp3) is 0.639. The lowest BCUT2D eigenvalue weighted by Gasteiger charge is -2.21.